The number of hydrogen-bond donors (Lipinski definition) is 2. The van der Waals surface area contributed by atoms with Gasteiger partial charge in [-0.2, -0.15) is 16.1 Å². The SMILES string of the molecule is O=C(O)c1cc(-c2cccc(CO)c2)cc(S(=O)(=O)N2CCSCC2)c1. The van der Waals surface area contributed by atoms with Crippen LogP contribution in [0, 0.1) is 0 Å². The summed E-state index contributed by atoms with van der Waals surface area (Å²) in [5.41, 5.74) is 1.73. The molecule has 3 rings (SSSR count). The number of rotatable bonds is 5. The van der Waals surface area contributed by atoms with E-state index in [-0.39, 0.29) is 17.1 Å². The summed E-state index contributed by atoms with van der Waals surface area (Å²) in [6, 6.07) is 11.1. The maximum atomic E-state index is 13.0. The standard InChI is InChI=1S/C18H19NO5S2/c20-12-13-2-1-3-14(8-13)15-9-16(18(21)22)11-17(10-15)26(23,24)19-4-6-25-7-5-19/h1-3,8-11,20H,4-7,12H2,(H,21,22). The van der Waals surface area contributed by atoms with Gasteiger partial charge in [-0.05, 0) is 41.0 Å². The van der Waals surface area contributed by atoms with Gasteiger partial charge in [-0.15, -0.1) is 0 Å². The van der Waals surface area contributed by atoms with Crippen molar-refractivity contribution in [3.8, 4) is 11.1 Å². The quantitative estimate of drug-likeness (QED) is 0.809. The molecule has 0 atom stereocenters. The molecule has 1 aliphatic heterocycles. The van der Waals surface area contributed by atoms with Crippen molar-refractivity contribution in [1.82, 2.24) is 4.31 Å². The summed E-state index contributed by atoms with van der Waals surface area (Å²) in [7, 11) is -3.76. The molecule has 0 aromatic heterocycles. The van der Waals surface area contributed by atoms with E-state index in [0.717, 1.165) is 11.5 Å². The van der Waals surface area contributed by atoms with Gasteiger partial charge < -0.3 is 10.2 Å². The van der Waals surface area contributed by atoms with Gasteiger partial charge in [0.1, 0.15) is 0 Å². The molecule has 0 bridgehead atoms. The number of aromatic carboxylic acids is 1. The van der Waals surface area contributed by atoms with Gasteiger partial charge in [0.2, 0.25) is 10.0 Å². The highest BCUT2D eigenvalue weighted by Gasteiger charge is 2.27. The molecule has 1 fully saturated rings. The maximum Gasteiger partial charge on any atom is 0.335 e. The largest absolute Gasteiger partial charge is 0.478 e. The van der Waals surface area contributed by atoms with Crippen molar-refractivity contribution < 1.29 is 23.4 Å². The zero-order chi connectivity index (χ0) is 18.7. The number of carboxylic acid groups (broad SMARTS) is 1. The molecule has 0 saturated carbocycles. The van der Waals surface area contributed by atoms with E-state index in [2.05, 4.69) is 0 Å². The first-order valence-electron chi connectivity index (χ1n) is 8.08. The number of sulfonamides is 1. The highest BCUT2D eigenvalue weighted by Crippen LogP contribution is 2.28. The van der Waals surface area contributed by atoms with Gasteiger partial charge in [0.05, 0.1) is 17.1 Å². The van der Waals surface area contributed by atoms with Gasteiger partial charge in [0, 0.05) is 24.6 Å². The van der Waals surface area contributed by atoms with Gasteiger partial charge in [0.15, 0.2) is 0 Å². The Morgan fingerprint density at radius 2 is 1.81 bits per heavy atom. The number of benzene rings is 2. The lowest BCUT2D eigenvalue weighted by molar-refractivity contribution is 0.0696. The van der Waals surface area contributed by atoms with E-state index in [1.807, 2.05) is 0 Å². The molecule has 2 aromatic carbocycles. The number of carboxylic acids is 1. The van der Waals surface area contributed by atoms with E-state index < -0.39 is 16.0 Å². The second-order valence-corrected chi connectivity index (χ2v) is 9.09. The van der Waals surface area contributed by atoms with Crippen molar-refractivity contribution >= 4 is 27.8 Å². The summed E-state index contributed by atoms with van der Waals surface area (Å²) < 4.78 is 27.3. The number of nitrogens with zero attached hydrogens (tertiary/aromatic N) is 1. The number of hydrogen-bond acceptors (Lipinski definition) is 5. The average Bonchev–Trinajstić information content (AvgIpc) is 2.68. The van der Waals surface area contributed by atoms with E-state index in [1.165, 1.54) is 22.5 Å². The van der Waals surface area contributed by atoms with Crippen LogP contribution in [0.15, 0.2) is 47.4 Å². The Morgan fingerprint density at radius 1 is 1.08 bits per heavy atom. The lowest BCUT2D eigenvalue weighted by Crippen LogP contribution is -2.37. The smallest absolute Gasteiger partial charge is 0.335 e. The first-order chi connectivity index (χ1) is 12.4. The van der Waals surface area contributed by atoms with Crippen LogP contribution in [0.4, 0.5) is 0 Å². The van der Waals surface area contributed by atoms with E-state index >= 15 is 0 Å². The molecule has 0 spiro atoms. The van der Waals surface area contributed by atoms with Gasteiger partial charge in [-0.3, -0.25) is 0 Å². The van der Waals surface area contributed by atoms with Crippen molar-refractivity contribution in [3.63, 3.8) is 0 Å². The predicted octanol–water partition coefficient (Wildman–Crippen LogP) is 2.28. The summed E-state index contributed by atoms with van der Waals surface area (Å²) in [6.07, 6.45) is 0. The van der Waals surface area contributed by atoms with E-state index in [9.17, 15) is 23.4 Å². The van der Waals surface area contributed by atoms with Crippen LogP contribution in [-0.4, -0.2) is 53.5 Å². The monoisotopic (exact) mass is 393 g/mol. The average molecular weight is 393 g/mol. The van der Waals surface area contributed by atoms with Gasteiger partial charge in [-0.25, -0.2) is 13.2 Å². The van der Waals surface area contributed by atoms with Crippen molar-refractivity contribution in [3.05, 3.63) is 53.6 Å². The van der Waals surface area contributed by atoms with Crippen molar-refractivity contribution in [1.29, 1.82) is 0 Å². The Bertz CT molecular complexity index is 921. The fraction of sp³-hybridized carbons (Fsp3) is 0.278. The zero-order valence-corrected chi connectivity index (χ0v) is 15.6. The van der Waals surface area contributed by atoms with Gasteiger partial charge in [-0.1, -0.05) is 18.2 Å². The molecular formula is C18H19NO5S2. The third-order valence-electron chi connectivity index (χ3n) is 4.20. The lowest BCUT2D eigenvalue weighted by Gasteiger charge is -2.26. The Balaban J connectivity index is 2.11. The van der Waals surface area contributed by atoms with Gasteiger partial charge in [0.25, 0.3) is 0 Å². The summed E-state index contributed by atoms with van der Waals surface area (Å²) in [4.78, 5) is 11.5. The number of thioether (sulfide) groups is 1. The highest BCUT2D eigenvalue weighted by atomic mass is 32.2. The topological polar surface area (TPSA) is 94.9 Å². The van der Waals surface area contributed by atoms with Crippen molar-refractivity contribution in [2.45, 2.75) is 11.5 Å². The molecule has 0 radical (unpaired) electrons. The second-order valence-electron chi connectivity index (χ2n) is 5.93. The molecule has 6 nitrogen and oxygen atoms in total. The molecule has 1 heterocycles. The van der Waals surface area contributed by atoms with Crippen LogP contribution < -0.4 is 0 Å². The molecule has 26 heavy (non-hydrogen) atoms. The second kappa shape index (κ2) is 7.79. The Morgan fingerprint density at radius 3 is 2.46 bits per heavy atom. The maximum absolute atomic E-state index is 13.0. The molecule has 138 valence electrons. The molecule has 2 N–H and O–H groups in total. The number of carbonyl (C=O) groups is 1. The third-order valence-corrected chi connectivity index (χ3v) is 7.02. The van der Waals surface area contributed by atoms with Crippen LogP contribution in [-0.2, 0) is 16.6 Å². The molecule has 1 aliphatic rings. The number of aliphatic hydroxyl groups excluding tert-OH is 1. The summed E-state index contributed by atoms with van der Waals surface area (Å²) in [5, 5.41) is 18.7. The van der Waals surface area contributed by atoms with Crippen LogP contribution in [0.5, 0.6) is 0 Å². The number of aliphatic hydroxyl groups is 1. The first kappa shape index (κ1) is 18.9. The Kier molecular flexibility index (Phi) is 5.67. The van der Waals surface area contributed by atoms with Crippen LogP contribution in [0.3, 0.4) is 0 Å². The van der Waals surface area contributed by atoms with E-state index in [1.54, 1.807) is 36.0 Å². The van der Waals surface area contributed by atoms with Crippen molar-refractivity contribution in [2.75, 3.05) is 24.6 Å². The minimum atomic E-state index is -3.76. The molecule has 0 aliphatic carbocycles. The third kappa shape index (κ3) is 3.93. The van der Waals surface area contributed by atoms with Crippen LogP contribution >= 0.6 is 11.8 Å². The molecule has 0 amide bonds. The van der Waals surface area contributed by atoms with Crippen LogP contribution in [0.2, 0.25) is 0 Å². The van der Waals surface area contributed by atoms with E-state index in [4.69, 9.17) is 0 Å². The minimum absolute atomic E-state index is 0.0197. The first-order valence-corrected chi connectivity index (χ1v) is 10.7. The van der Waals surface area contributed by atoms with E-state index in [0.29, 0.717) is 29.8 Å². The lowest BCUT2D eigenvalue weighted by atomic mass is 10.0. The summed E-state index contributed by atoms with van der Waals surface area (Å²) in [6.45, 7) is 0.683. The molecule has 2 aromatic rings. The Labute approximate surface area is 156 Å². The van der Waals surface area contributed by atoms with Crippen molar-refractivity contribution in [2.24, 2.45) is 0 Å². The Hall–Kier alpha value is -1.87. The van der Waals surface area contributed by atoms with Gasteiger partial charge >= 0.3 is 5.97 Å². The van der Waals surface area contributed by atoms with Crippen LogP contribution in [0.1, 0.15) is 15.9 Å². The minimum Gasteiger partial charge on any atom is -0.478 e. The predicted molar refractivity (Wildman–Crippen MR) is 101 cm³/mol. The molecule has 1 saturated heterocycles. The molecule has 8 heteroatoms. The zero-order valence-electron chi connectivity index (χ0n) is 14.0. The fourth-order valence-corrected chi connectivity index (χ4v) is 5.47. The summed E-state index contributed by atoms with van der Waals surface area (Å²) >= 11 is 1.70. The van der Waals surface area contributed by atoms with Crippen LogP contribution in [0.25, 0.3) is 11.1 Å². The normalized spacial score (nSPS) is 15.7. The highest BCUT2D eigenvalue weighted by molar-refractivity contribution is 7.99. The summed E-state index contributed by atoms with van der Waals surface area (Å²) in [5.74, 6) is 0.266. The fourth-order valence-electron chi connectivity index (χ4n) is 2.82. The molecular weight excluding hydrogens is 374 g/mol. The molecule has 0 unspecified atom stereocenters.